The lowest BCUT2D eigenvalue weighted by molar-refractivity contribution is 0.102. The summed E-state index contributed by atoms with van der Waals surface area (Å²) in [6, 6.07) is 9.91. The van der Waals surface area contributed by atoms with Crippen LogP contribution in [0.1, 0.15) is 47.8 Å². The molecule has 1 aromatic carbocycles. The molecule has 4 aromatic rings. The fourth-order valence-electron chi connectivity index (χ4n) is 5.25. The number of rotatable bonds is 4. The summed E-state index contributed by atoms with van der Waals surface area (Å²) in [5.74, 6) is 1.56. The number of amides is 1. The minimum absolute atomic E-state index is 0.206. The van der Waals surface area contributed by atoms with Gasteiger partial charge in [-0.15, -0.1) is 0 Å². The van der Waals surface area contributed by atoms with Crippen LogP contribution in [0, 0.1) is 12.8 Å². The summed E-state index contributed by atoms with van der Waals surface area (Å²) in [7, 11) is 1.86. The Bertz CT molecular complexity index is 1470. The van der Waals surface area contributed by atoms with Crippen molar-refractivity contribution in [3.05, 3.63) is 47.8 Å². The third-order valence-corrected chi connectivity index (χ3v) is 7.15. The summed E-state index contributed by atoms with van der Waals surface area (Å²) in [4.78, 5) is 23.1. The number of hydrogen-bond acceptors (Lipinski definition) is 7. The second kappa shape index (κ2) is 9.51. The summed E-state index contributed by atoms with van der Waals surface area (Å²) < 4.78 is 10.2. The van der Waals surface area contributed by atoms with Crippen LogP contribution in [0.25, 0.3) is 22.3 Å². The van der Waals surface area contributed by atoms with Gasteiger partial charge in [-0.2, -0.15) is 5.10 Å². The molecule has 1 atom stereocenters. The van der Waals surface area contributed by atoms with E-state index in [0.717, 1.165) is 40.8 Å². The minimum Gasteiger partial charge on any atom is -0.477 e. The quantitative estimate of drug-likeness (QED) is 0.388. The van der Waals surface area contributed by atoms with E-state index in [1.807, 2.05) is 26.1 Å². The monoisotopic (exact) mass is 500 g/mol. The number of carbonyl (C=O) groups excluding carboxylic acids is 1. The van der Waals surface area contributed by atoms with Gasteiger partial charge in [-0.25, -0.2) is 9.67 Å². The topological polar surface area (TPSA) is 125 Å². The Balaban J connectivity index is 1.47. The Kier molecular flexibility index (Phi) is 6.03. The first-order chi connectivity index (χ1) is 18.0. The molecular formula is C27H32N8O2. The zero-order chi connectivity index (χ0) is 25.5. The van der Waals surface area contributed by atoms with Gasteiger partial charge in [-0.05, 0) is 68.9 Å². The van der Waals surface area contributed by atoms with Crippen LogP contribution in [0.5, 0.6) is 5.88 Å². The molecule has 1 unspecified atom stereocenters. The third-order valence-electron chi connectivity index (χ3n) is 7.15. The van der Waals surface area contributed by atoms with E-state index in [9.17, 15) is 4.79 Å². The van der Waals surface area contributed by atoms with Crippen LogP contribution in [-0.4, -0.2) is 49.9 Å². The number of fused-ring (bicyclic) bond motifs is 7. The molecule has 2 bridgehead atoms. The summed E-state index contributed by atoms with van der Waals surface area (Å²) in [5, 5.41) is 10.9. The lowest BCUT2D eigenvalue weighted by Crippen LogP contribution is -2.21. The van der Waals surface area contributed by atoms with Gasteiger partial charge in [0, 0.05) is 43.1 Å². The molecule has 2 aliphatic rings. The molecule has 1 fully saturated rings. The van der Waals surface area contributed by atoms with E-state index in [1.54, 1.807) is 23.0 Å². The average molecular weight is 501 g/mol. The average Bonchev–Trinajstić information content (AvgIpc) is 3.58. The number of aryl methyl sites for hydroxylation is 2. The van der Waals surface area contributed by atoms with E-state index in [-0.39, 0.29) is 11.9 Å². The van der Waals surface area contributed by atoms with Gasteiger partial charge in [-0.1, -0.05) is 0 Å². The predicted octanol–water partition coefficient (Wildman–Crippen LogP) is 3.89. The number of hydrogen-bond donors (Lipinski definition) is 3. The molecule has 37 heavy (non-hydrogen) atoms. The normalized spacial score (nSPS) is 17.9. The van der Waals surface area contributed by atoms with Crippen LogP contribution >= 0.6 is 0 Å². The molecule has 1 amide bonds. The highest BCUT2D eigenvalue weighted by Crippen LogP contribution is 2.45. The predicted molar refractivity (Wildman–Crippen MR) is 143 cm³/mol. The van der Waals surface area contributed by atoms with Crippen LogP contribution < -0.4 is 21.1 Å². The molecule has 6 rings (SSSR count). The maximum Gasteiger partial charge on any atom is 0.258 e. The number of nitrogens with two attached hydrogens (primary N) is 1. The second-order valence-electron chi connectivity index (χ2n) is 9.94. The number of anilines is 2. The maximum absolute atomic E-state index is 13.6. The molecule has 4 heterocycles. The minimum atomic E-state index is -0.220. The molecule has 1 aliphatic heterocycles. The first-order valence-corrected chi connectivity index (χ1v) is 12.9. The molecule has 10 nitrogen and oxygen atoms in total. The fraction of sp³-hybridized carbons (Fsp3) is 0.407. The number of imidazole rings is 1. The molecule has 10 heteroatoms. The highest BCUT2D eigenvalue weighted by Gasteiger charge is 2.35. The molecule has 0 spiro atoms. The van der Waals surface area contributed by atoms with Gasteiger partial charge in [0.25, 0.3) is 5.91 Å². The summed E-state index contributed by atoms with van der Waals surface area (Å²) in [6.07, 6.45) is 5.85. The molecule has 3 aromatic heterocycles. The molecule has 0 radical (unpaired) electrons. The number of nitrogens with zero attached hydrogens (tertiary/aromatic N) is 5. The zero-order valence-electron chi connectivity index (χ0n) is 21.2. The second-order valence-corrected chi connectivity index (χ2v) is 9.94. The van der Waals surface area contributed by atoms with Crippen molar-refractivity contribution in [2.24, 2.45) is 18.7 Å². The maximum atomic E-state index is 13.6. The summed E-state index contributed by atoms with van der Waals surface area (Å²) in [5.41, 5.74) is 11.2. The lowest BCUT2D eigenvalue weighted by atomic mass is 10.1. The largest absolute Gasteiger partial charge is 0.477 e. The highest BCUT2D eigenvalue weighted by atomic mass is 16.5. The van der Waals surface area contributed by atoms with Crippen molar-refractivity contribution in [1.82, 2.24) is 24.3 Å². The zero-order valence-corrected chi connectivity index (χ0v) is 21.2. The Labute approximate surface area is 215 Å². The van der Waals surface area contributed by atoms with Crippen LogP contribution in [0.3, 0.4) is 0 Å². The molecule has 0 saturated heterocycles. The number of benzene rings is 1. The molecule has 192 valence electrons. The van der Waals surface area contributed by atoms with Crippen LogP contribution in [0.4, 0.5) is 11.6 Å². The lowest BCUT2D eigenvalue weighted by Gasteiger charge is -2.23. The first kappa shape index (κ1) is 23.5. The van der Waals surface area contributed by atoms with Crippen molar-refractivity contribution in [1.29, 1.82) is 0 Å². The molecule has 4 N–H and O–H groups in total. The summed E-state index contributed by atoms with van der Waals surface area (Å²) in [6.45, 7) is 3.68. The standard InChI is InChI=1S/C27H32N8O2/c1-16-12-18-13-22(31-16)20-15-30-34(2)26(20)37-11-3-4-23(17-5-6-17)35-24-14-19(29-10-9-28)7-8-21(24)32-27(35)33-25(18)36/h7-8,12-15,17,23,29H,3-6,9-11,28H2,1-2H3,(H,32,33,36). The van der Waals surface area contributed by atoms with E-state index < -0.39 is 0 Å². The first-order valence-electron chi connectivity index (χ1n) is 12.9. The van der Waals surface area contributed by atoms with Gasteiger partial charge < -0.3 is 20.4 Å². The van der Waals surface area contributed by atoms with Crippen molar-refractivity contribution < 1.29 is 9.53 Å². The number of ether oxygens (including phenoxy) is 1. The van der Waals surface area contributed by atoms with Crippen molar-refractivity contribution in [2.75, 3.05) is 30.3 Å². The van der Waals surface area contributed by atoms with Gasteiger partial charge in [0.15, 0.2) is 0 Å². The van der Waals surface area contributed by atoms with Crippen molar-refractivity contribution >= 4 is 28.6 Å². The van der Waals surface area contributed by atoms with Crippen LogP contribution in [0.15, 0.2) is 36.5 Å². The SMILES string of the molecule is Cc1cc2cc(n1)-c1cnn(C)c1OCCCC(C1CC1)n1c(nc3ccc(NCCN)cc31)NC2=O. The van der Waals surface area contributed by atoms with E-state index in [0.29, 0.717) is 48.7 Å². The summed E-state index contributed by atoms with van der Waals surface area (Å²) >= 11 is 0. The Morgan fingerprint density at radius 1 is 1.19 bits per heavy atom. The number of aromatic nitrogens is 5. The molecule has 1 saturated carbocycles. The number of nitrogens with one attached hydrogen (secondary N) is 2. The van der Waals surface area contributed by atoms with E-state index in [1.165, 1.54) is 12.8 Å². The van der Waals surface area contributed by atoms with Gasteiger partial charge in [0.1, 0.15) is 0 Å². The van der Waals surface area contributed by atoms with Crippen molar-refractivity contribution in [3.63, 3.8) is 0 Å². The van der Waals surface area contributed by atoms with Crippen LogP contribution in [0.2, 0.25) is 0 Å². The van der Waals surface area contributed by atoms with Gasteiger partial charge in [-0.3, -0.25) is 15.1 Å². The van der Waals surface area contributed by atoms with Gasteiger partial charge in [0.2, 0.25) is 11.8 Å². The smallest absolute Gasteiger partial charge is 0.258 e. The Hall–Kier alpha value is -3.92. The van der Waals surface area contributed by atoms with Gasteiger partial charge in [0.05, 0.1) is 35.1 Å². The van der Waals surface area contributed by atoms with Crippen LogP contribution in [-0.2, 0) is 7.05 Å². The number of carbonyl (C=O) groups is 1. The number of pyridine rings is 1. The van der Waals surface area contributed by atoms with E-state index in [4.69, 9.17) is 15.5 Å². The van der Waals surface area contributed by atoms with E-state index in [2.05, 4.69) is 31.3 Å². The Morgan fingerprint density at radius 3 is 2.86 bits per heavy atom. The fourth-order valence-corrected chi connectivity index (χ4v) is 5.25. The van der Waals surface area contributed by atoms with E-state index >= 15 is 0 Å². The van der Waals surface area contributed by atoms with Gasteiger partial charge >= 0.3 is 0 Å². The molecular weight excluding hydrogens is 468 g/mol. The van der Waals surface area contributed by atoms with Crippen molar-refractivity contribution in [2.45, 2.75) is 38.6 Å². The molecule has 1 aliphatic carbocycles. The Morgan fingerprint density at radius 2 is 2.05 bits per heavy atom. The van der Waals surface area contributed by atoms with Crippen molar-refractivity contribution in [3.8, 4) is 17.1 Å². The third kappa shape index (κ3) is 4.53. The highest BCUT2D eigenvalue weighted by molar-refractivity contribution is 6.05.